The van der Waals surface area contributed by atoms with Gasteiger partial charge in [0.25, 0.3) is 5.56 Å². The lowest BCUT2D eigenvalue weighted by Gasteiger charge is -2.13. The minimum absolute atomic E-state index is 0.0569. The second kappa shape index (κ2) is 9.42. The molecule has 0 atom stereocenters. The first-order chi connectivity index (χ1) is 14.9. The van der Waals surface area contributed by atoms with Gasteiger partial charge >= 0.3 is 0 Å². The first-order valence-electron chi connectivity index (χ1n) is 10.0. The molecule has 4 rings (SSSR count). The smallest absolute Gasteiger partial charge is 0.272 e. The maximum absolute atomic E-state index is 13.4. The average molecular weight is 472 g/mol. The van der Waals surface area contributed by atoms with Crippen molar-refractivity contribution < 1.29 is 4.79 Å². The minimum atomic E-state index is -0.106. The van der Waals surface area contributed by atoms with Gasteiger partial charge in [-0.3, -0.25) is 14.2 Å². The molecular formula is C23H22ClN3O2S2. The number of thiophene rings is 1. The normalized spacial score (nSPS) is 11.5. The first kappa shape index (κ1) is 21.9. The zero-order chi connectivity index (χ0) is 22.0. The molecule has 1 amide bonds. The van der Waals surface area contributed by atoms with E-state index in [4.69, 9.17) is 16.6 Å². The van der Waals surface area contributed by atoms with Gasteiger partial charge in [0, 0.05) is 39.9 Å². The highest BCUT2D eigenvalue weighted by molar-refractivity contribution is 7.98. The monoisotopic (exact) mass is 471 g/mol. The lowest BCUT2D eigenvalue weighted by atomic mass is 10.2. The second-order valence-electron chi connectivity index (χ2n) is 7.48. The first-order valence-corrected chi connectivity index (χ1v) is 12.2. The van der Waals surface area contributed by atoms with Crippen LogP contribution in [0.15, 0.2) is 58.5 Å². The van der Waals surface area contributed by atoms with Crippen molar-refractivity contribution in [3.63, 3.8) is 0 Å². The van der Waals surface area contributed by atoms with Gasteiger partial charge in [-0.15, -0.1) is 11.3 Å². The number of carbonyl (C=O) groups is 1. The Morgan fingerprint density at radius 1 is 1.19 bits per heavy atom. The van der Waals surface area contributed by atoms with Crippen molar-refractivity contribution in [2.24, 2.45) is 0 Å². The Morgan fingerprint density at radius 2 is 1.94 bits per heavy atom. The van der Waals surface area contributed by atoms with Crippen molar-refractivity contribution in [2.75, 3.05) is 0 Å². The predicted molar refractivity (Wildman–Crippen MR) is 130 cm³/mol. The van der Waals surface area contributed by atoms with E-state index in [2.05, 4.69) is 5.32 Å². The topological polar surface area (TPSA) is 64.0 Å². The van der Waals surface area contributed by atoms with Crippen LogP contribution in [0, 0.1) is 0 Å². The zero-order valence-corrected chi connectivity index (χ0v) is 19.6. The molecule has 0 fully saturated rings. The van der Waals surface area contributed by atoms with Gasteiger partial charge in [-0.25, -0.2) is 4.98 Å². The van der Waals surface area contributed by atoms with E-state index in [-0.39, 0.29) is 30.5 Å². The van der Waals surface area contributed by atoms with Crippen LogP contribution in [0.4, 0.5) is 0 Å². The van der Waals surface area contributed by atoms with E-state index in [0.29, 0.717) is 20.6 Å². The van der Waals surface area contributed by atoms with E-state index < -0.39 is 0 Å². The molecule has 160 valence electrons. The van der Waals surface area contributed by atoms with E-state index in [9.17, 15) is 9.59 Å². The van der Waals surface area contributed by atoms with Crippen LogP contribution in [0.5, 0.6) is 0 Å². The number of rotatable bonds is 7. The molecule has 31 heavy (non-hydrogen) atoms. The summed E-state index contributed by atoms with van der Waals surface area (Å²) in [5.41, 5.74) is 1.59. The number of fused-ring (bicyclic) bond motifs is 3. The fourth-order valence-electron chi connectivity index (χ4n) is 3.33. The molecule has 2 heterocycles. The number of nitrogens with one attached hydrogen (secondary N) is 1. The maximum Gasteiger partial charge on any atom is 0.272 e. The van der Waals surface area contributed by atoms with E-state index in [1.807, 2.05) is 62.4 Å². The molecule has 0 aliphatic rings. The largest absolute Gasteiger partial charge is 0.354 e. The molecule has 0 spiro atoms. The van der Waals surface area contributed by atoms with E-state index in [1.54, 1.807) is 4.57 Å². The summed E-state index contributed by atoms with van der Waals surface area (Å²) >= 11 is 9.22. The van der Waals surface area contributed by atoms with Crippen molar-refractivity contribution in [3.05, 3.63) is 69.5 Å². The van der Waals surface area contributed by atoms with E-state index in [0.717, 1.165) is 21.2 Å². The van der Waals surface area contributed by atoms with Crippen LogP contribution in [0.25, 0.3) is 20.3 Å². The molecule has 0 saturated heterocycles. The number of nitrogens with zero attached hydrogens (tertiary/aromatic N) is 2. The maximum atomic E-state index is 13.4. The number of amides is 1. The van der Waals surface area contributed by atoms with Crippen LogP contribution in [-0.4, -0.2) is 21.5 Å². The van der Waals surface area contributed by atoms with E-state index >= 15 is 0 Å². The third-order valence-electron chi connectivity index (χ3n) is 4.77. The SMILES string of the molecule is CC(C)NC(=O)CCn1c(SCc2ccccc2Cl)nc2c(sc3ccccc32)c1=O. The Bertz CT molecular complexity index is 1310. The van der Waals surface area contributed by atoms with E-state index in [1.165, 1.54) is 23.1 Å². The number of thioether (sulfide) groups is 1. The molecule has 8 heteroatoms. The van der Waals surface area contributed by atoms with Gasteiger partial charge in [0.15, 0.2) is 5.16 Å². The molecule has 2 aromatic carbocycles. The van der Waals surface area contributed by atoms with Crippen LogP contribution in [0.3, 0.4) is 0 Å². The van der Waals surface area contributed by atoms with Gasteiger partial charge in [-0.05, 0) is 31.5 Å². The fourth-order valence-corrected chi connectivity index (χ4v) is 5.72. The van der Waals surface area contributed by atoms with Crippen molar-refractivity contribution in [1.29, 1.82) is 0 Å². The van der Waals surface area contributed by atoms with Crippen LogP contribution in [0.1, 0.15) is 25.8 Å². The third-order valence-corrected chi connectivity index (χ3v) is 7.32. The quantitative estimate of drug-likeness (QED) is 0.286. The molecule has 4 aromatic rings. The minimum Gasteiger partial charge on any atom is -0.354 e. The molecule has 0 unspecified atom stereocenters. The molecular weight excluding hydrogens is 450 g/mol. The predicted octanol–water partition coefficient (Wildman–Crippen LogP) is 5.47. The Balaban J connectivity index is 1.74. The van der Waals surface area contributed by atoms with Crippen molar-refractivity contribution in [1.82, 2.24) is 14.9 Å². The molecule has 0 bridgehead atoms. The standard InChI is InChI=1S/C23H22ClN3O2S2/c1-14(2)25-19(28)11-12-27-22(29)21-20(16-8-4-6-10-18(16)31-21)26-23(27)30-13-15-7-3-5-9-17(15)24/h3-10,14H,11-13H2,1-2H3,(H,25,28). The molecule has 5 nitrogen and oxygen atoms in total. The van der Waals surface area contributed by atoms with Crippen LogP contribution in [0.2, 0.25) is 5.02 Å². The summed E-state index contributed by atoms with van der Waals surface area (Å²) in [6.07, 6.45) is 0.218. The molecule has 2 aromatic heterocycles. The van der Waals surface area contributed by atoms with Crippen molar-refractivity contribution >= 4 is 60.9 Å². The number of hydrogen-bond acceptors (Lipinski definition) is 5. The highest BCUT2D eigenvalue weighted by Crippen LogP contribution is 2.33. The zero-order valence-electron chi connectivity index (χ0n) is 17.2. The molecule has 1 N–H and O–H groups in total. The Hall–Kier alpha value is -2.35. The van der Waals surface area contributed by atoms with Gasteiger partial charge in [0.1, 0.15) is 4.70 Å². The number of halogens is 1. The number of carbonyl (C=O) groups excluding carboxylic acids is 1. The highest BCUT2D eigenvalue weighted by atomic mass is 35.5. The van der Waals surface area contributed by atoms with Crippen LogP contribution < -0.4 is 10.9 Å². The van der Waals surface area contributed by atoms with Gasteiger partial charge < -0.3 is 5.32 Å². The summed E-state index contributed by atoms with van der Waals surface area (Å²) in [7, 11) is 0. The van der Waals surface area contributed by atoms with Gasteiger partial charge in [-0.1, -0.05) is 59.8 Å². The summed E-state index contributed by atoms with van der Waals surface area (Å²) in [6.45, 7) is 4.11. The number of benzene rings is 2. The Labute approximate surface area is 193 Å². The van der Waals surface area contributed by atoms with Crippen molar-refractivity contribution in [2.45, 2.75) is 43.8 Å². The molecule has 0 aliphatic carbocycles. The lowest BCUT2D eigenvalue weighted by molar-refractivity contribution is -0.121. The highest BCUT2D eigenvalue weighted by Gasteiger charge is 2.17. The van der Waals surface area contributed by atoms with Crippen LogP contribution in [-0.2, 0) is 17.1 Å². The van der Waals surface area contributed by atoms with Gasteiger partial charge in [0.05, 0.1) is 5.52 Å². The second-order valence-corrected chi connectivity index (χ2v) is 9.88. The summed E-state index contributed by atoms with van der Waals surface area (Å²) in [5, 5.41) is 5.13. The van der Waals surface area contributed by atoms with Crippen LogP contribution >= 0.6 is 34.7 Å². The Morgan fingerprint density at radius 3 is 2.71 bits per heavy atom. The Kier molecular flexibility index (Phi) is 6.65. The van der Waals surface area contributed by atoms with Gasteiger partial charge in [-0.2, -0.15) is 0 Å². The number of hydrogen-bond donors (Lipinski definition) is 1. The summed E-state index contributed by atoms with van der Waals surface area (Å²) in [6, 6.07) is 15.6. The third kappa shape index (κ3) is 4.79. The molecule has 0 radical (unpaired) electrons. The molecule has 0 aliphatic heterocycles. The fraction of sp³-hybridized carbons (Fsp3) is 0.261. The molecule has 0 saturated carbocycles. The van der Waals surface area contributed by atoms with Crippen molar-refractivity contribution in [3.8, 4) is 0 Å². The average Bonchev–Trinajstić information content (AvgIpc) is 3.11. The summed E-state index contributed by atoms with van der Waals surface area (Å²) < 4.78 is 3.27. The summed E-state index contributed by atoms with van der Waals surface area (Å²) in [4.78, 5) is 30.5. The summed E-state index contributed by atoms with van der Waals surface area (Å²) in [5.74, 6) is 0.498. The number of aromatic nitrogens is 2. The lowest BCUT2D eigenvalue weighted by Crippen LogP contribution is -2.32. The van der Waals surface area contributed by atoms with Gasteiger partial charge in [0.2, 0.25) is 5.91 Å².